The molecule has 0 atom stereocenters. The van der Waals surface area contributed by atoms with Gasteiger partial charge in [0.1, 0.15) is 0 Å². The lowest BCUT2D eigenvalue weighted by molar-refractivity contribution is 0.256. The molecule has 0 aliphatic heterocycles. The van der Waals surface area contributed by atoms with Crippen molar-refractivity contribution in [2.45, 2.75) is 24.8 Å². The maximum atomic E-state index is 10.6. The van der Waals surface area contributed by atoms with Crippen molar-refractivity contribution in [1.29, 1.82) is 0 Å². The summed E-state index contributed by atoms with van der Waals surface area (Å²) in [6, 6.07) is 5.97. The van der Waals surface area contributed by atoms with Gasteiger partial charge in [-0.05, 0) is 37.0 Å². The first-order chi connectivity index (χ1) is 8.66. The predicted molar refractivity (Wildman–Crippen MR) is 69.4 cm³/mol. The lowest BCUT2D eigenvalue weighted by atomic mass is 9.72. The van der Waals surface area contributed by atoms with Gasteiger partial charge in [0.15, 0.2) is 5.15 Å². The SMILES string of the molecule is Cn1nc(Cl)c2cc(C3(N=C=O)CCC3)ccc21. The third-order valence-corrected chi connectivity index (χ3v) is 4.06. The van der Waals surface area contributed by atoms with Gasteiger partial charge in [-0.25, -0.2) is 4.79 Å². The Morgan fingerprint density at radius 2 is 2.28 bits per heavy atom. The van der Waals surface area contributed by atoms with Crippen molar-refractivity contribution < 1.29 is 4.79 Å². The first-order valence-electron chi connectivity index (χ1n) is 5.88. The number of fused-ring (bicyclic) bond motifs is 1. The molecule has 0 unspecified atom stereocenters. The molecule has 0 N–H and O–H groups in total. The summed E-state index contributed by atoms with van der Waals surface area (Å²) in [5.41, 5.74) is 1.63. The van der Waals surface area contributed by atoms with E-state index in [2.05, 4.69) is 10.1 Å². The molecule has 1 fully saturated rings. The van der Waals surface area contributed by atoms with Crippen LogP contribution in [0.5, 0.6) is 0 Å². The minimum atomic E-state index is -0.380. The Morgan fingerprint density at radius 3 is 2.89 bits per heavy atom. The topological polar surface area (TPSA) is 47.2 Å². The van der Waals surface area contributed by atoms with Gasteiger partial charge in [0.25, 0.3) is 0 Å². The summed E-state index contributed by atoms with van der Waals surface area (Å²) in [4.78, 5) is 14.6. The van der Waals surface area contributed by atoms with E-state index in [1.54, 1.807) is 10.8 Å². The number of hydrogen-bond acceptors (Lipinski definition) is 3. The van der Waals surface area contributed by atoms with E-state index in [9.17, 15) is 4.79 Å². The van der Waals surface area contributed by atoms with Crippen LogP contribution in [-0.4, -0.2) is 15.9 Å². The molecule has 0 saturated heterocycles. The Hall–Kier alpha value is -1.64. The van der Waals surface area contributed by atoms with Crippen LogP contribution in [0.3, 0.4) is 0 Å². The number of nitrogens with zero attached hydrogens (tertiary/aromatic N) is 3. The maximum absolute atomic E-state index is 10.6. The molecule has 1 heterocycles. The number of benzene rings is 1. The fourth-order valence-corrected chi connectivity index (χ4v) is 2.84. The van der Waals surface area contributed by atoms with E-state index in [4.69, 9.17) is 11.6 Å². The van der Waals surface area contributed by atoms with Crippen molar-refractivity contribution in [2.24, 2.45) is 12.0 Å². The van der Waals surface area contributed by atoms with Crippen molar-refractivity contribution in [1.82, 2.24) is 9.78 Å². The second-order valence-electron chi connectivity index (χ2n) is 4.73. The van der Waals surface area contributed by atoms with Gasteiger partial charge in [0, 0.05) is 12.4 Å². The number of aromatic nitrogens is 2. The van der Waals surface area contributed by atoms with E-state index in [-0.39, 0.29) is 5.54 Å². The molecule has 3 rings (SSSR count). The average Bonchev–Trinajstić information content (AvgIpc) is 2.59. The van der Waals surface area contributed by atoms with Crippen LogP contribution in [-0.2, 0) is 17.4 Å². The van der Waals surface area contributed by atoms with Gasteiger partial charge in [0.05, 0.1) is 11.1 Å². The molecule has 1 aliphatic carbocycles. The molecule has 0 spiro atoms. The van der Waals surface area contributed by atoms with Gasteiger partial charge in [-0.1, -0.05) is 17.7 Å². The molecule has 92 valence electrons. The Kier molecular flexibility index (Phi) is 2.51. The van der Waals surface area contributed by atoms with Crippen LogP contribution in [0.15, 0.2) is 23.2 Å². The summed E-state index contributed by atoms with van der Waals surface area (Å²) >= 11 is 6.10. The average molecular weight is 262 g/mol. The number of carbonyl (C=O) groups excluding carboxylic acids is 1. The smallest absolute Gasteiger partial charge is 0.235 e. The second kappa shape index (κ2) is 3.94. The van der Waals surface area contributed by atoms with E-state index in [1.165, 1.54) is 0 Å². The van der Waals surface area contributed by atoms with Crippen LogP contribution in [0.4, 0.5) is 0 Å². The molecule has 0 radical (unpaired) electrons. The maximum Gasteiger partial charge on any atom is 0.235 e. The largest absolute Gasteiger partial charge is 0.266 e. The van der Waals surface area contributed by atoms with E-state index >= 15 is 0 Å². The van der Waals surface area contributed by atoms with E-state index in [1.807, 2.05) is 25.2 Å². The van der Waals surface area contributed by atoms with Crippen LogP contribution in [0.25, 0.3) is 10.9 Å². The zero-order chi connectivity index (χ0) is 12.8. The number of aliphatic imine (C=N–C) groups is 1. The van der Waals surface area contributed by atoms with Crippen molar-refractivity contribution >= 4 is 28.6 Å². The third-order valence-electron chi connectivity index (χ3n) is 3.78. The third kappa shape index (κ3) is 1.50. The van der Waals surface area contributed by atoms with Gasteiger partial charge < -0.3 is 0 Å². The van der Waals surface area contributed by atoms with Crippen molar-refractivity contribution in [3.8, 4) is 0 Å². The zero-order valence-electron chi connectivity index (χ0n) is 9.98. The monoisotopic (exact) mass is 261 g/mol. The van der Waals surface area contributed by atoms with Crippen molar-refractivity contribution in [3.63, 3.8) is 0 Å². The standard InChI is InChI=1S/C13H12ClN3O/c1-17-11-4-3-9(7-10(11)12(14)16-17)13(15-8-18)5-2-6-13/h3-4,7H,2,5-6H2,1H3. The van der Waals surface area contributed by atoms with Gasteiger partial charge in [-0.2, -0.15) is 10.1 Å². The highest BCUT2D eigenvalue weighted by Crippen LogP contribution is 2.45. The summed E-state index contributed by atoms with van der Waals surface area (Å²) in [7, 11) is 1.86. The Balaban J connectivity index is 2.19. The van der Waals surface area contributed by atoms with Crippen molar-refractivity contribution in [3.05, 3.63) is 28.9 Å². The molecule has 1 aromatic heterocycles. The molecule has 1 aromatic carbocycles. The van der Waals surface area contributed by atoms with Gasteiger partial charge in [-0.15, -0.1) is 0 Å². The lowest BCUT2D eigenvalue weighted by Gasteiger charge is -2.37. The number of rotatable bonds is 2. The zero-order valence-corrected chi connectivity index (χ0v) is 10.7. The van der Waals surface area contributed by atoms with Crippen LogP contribution >= 0.6 is 11.6 Å². The number of aryl methyl sites for hydroxylation is 1. The molecule has 2 aromatic rings. The fourth-order valence-electron chi connectivity index (χ4n) is 2.58. The summed E-state index contributed by atoms with van der Waals surface area (Å²) in [6.45, 7) is 0. The number of hydrogen-bond donors (Lipinski definition) is 0. The summed E-state index contributed by atoms with van der Waals surface area (Å²) in [5.74, 6) is 0. The number of halogens is 1. The quantitative estimate of drug-likeness (QED) is 0.616. The summed E-state index contributed by atoms with van der Waals surface area (Å²) < 4.78 is 1.75. The Bertz CT molecular complexity index is 666. The summed E-state index contributed by atoms with van der Waals surface area (Å²) in [6.07, 6.45) is 4.57. The molecule has 0 amide bonds. The Labute approximate surface area is 109 Å². The minimum absolute atomic E-state index is 0.380. The van der Waals surface area contributed by atoms with E-state index < -0.39 is 0 Å². The van der Waals surface area contributed by atoms with E-state index in [0.29, 0.717) is 5.15 Å². The molecule has 0 bridgehead atoms. The molecule has 1 aliphatic rings. The molecule has 5 heteroatoms. The van der Waals surface area contributed by atoms with Gasteiger partial charge >= 0.3 is 0 Å². The fraction of sp³-hybridized carbons (Fsp3) is 0.385. The molecule has 18 heavy (non-hydrogen) atoms. The van der Waals surface area contributed by atoms with E-state index in [0.717, 1.165) is 35.7 Å². The number of isocyanates is 1. The molecular formula is C13H12ClN3O. The van der Waals surface area contributed by atoms with Gasteiger partial charge in [0.2, 0.25) is 6.08 Å². The Morgan fingerprint density at radius 1 is 1.50 bits per heavy atom. The highest BCUT2D eigenvalue weighted by molar-refractivity contribution is 6.34. The minimum Gasteiger partial charge on any atom is -0.266 e. The normalized spacial score (nSPS) is 17.2. The summed E-state index contributed by atoms with van der Waals surface area (Å²) in [5, 5.41) is 5.57. The van der Waals surface area contributed by atoms with Gasteiger partial charge in [-0.3, -0.25) is 4.68 Å². The highest BCUT2D eigenvalue weighted by atomic mass is 35.5. The van der Waals surface area contributed by atoms with Crippen LogP contribution < -0.4 is 0 Å². The molecule has 1 saturated carbocycles. The van der Waals surface area contributed by atoms with Crippen molar-refractivity contribution in [2.75, 3.05) is 0 Å². The van der Waals surface area contributed by atoms with Crippen LogP contribution in [0, 0.1) is 0 Å². The second-order valence-corrected chi connectivity index (χ2v) is 5.09. The lowest BCUT2D eigenvalue weighted by Crippen LogP contribution is -2.31. The molecular weight excluding hydrogens is 250 g/mol. The highest BCUT2D eigenvalue weighted by Gasteiger charge is 2.39. The van der Waals surface area contributed by atoms with Crippen LogP contribution in [0.2, 0.25) is 5.15 Å². The predicted octanol–water partition coefficient (Wildman–Crippen LogP) is 2.94. The van der Waals surface area contributed by atoms with Crippen LogP contribution in [0.1, 0.15) is 24.8 Å². The first-order valence-corrected chi connectivity index (χ1v) is 6.26. The first kappa shape index (κ1) is 11.5. The molecule has 4 nitrogen and oxygen atoms in total.